The first kappa shape index (κ1) is 13.5. The number of fused-ring (bicyclic) bond motifs is 1. The Kier molecular flexibility index (Phi) is 3.22. The quantitative estimate of drug-likeness (QED) is 0.479. The Hall–Kier alpha value is -1.53. The second-order valence-corrected chi connectivity index (χ2v) is 5.74. The molecule has 0 aliphatic carbocycles. The summed E-state index contributed by atoms with van der Waals surface area (Å²) in [6, 6.07) is 7.92. The van der Waals surface area contributed by atoms with Gasteiger partial charge in [0.2, 0.25) is 0 Å². The molecular formula is C14H9BrF2N2S. The molecule has 3 rings (SSSR count). The molecule has 1 aromatic heterocycles. The maximum absolute atomic E-state index is 14.0. The van der Waals surface area contributed by atoms with Crippen molar-refractivity contribution in [1.29, 1.82) is 0 Å². The van der Waals surface area contributed by atoms with Crippen molar-refractivity contribution in [3.8, 4) is 5.69 Å². The second kappa shape index (κ2) is 4.79. The van der Waals surface area contributed by atoms with E-state index >= 15 is 0 Å². The van der Waals surface area contributed by atoms with Crippen molar-refractivity contribution in [2.45, 2.75) is 6.92 Å². The van der Waals surface area contributed by atoms with Crippen molar-refractivity contribution in [3.63, 3.8) is 0 Å². The van der Waals surface area contributed by atoms with Crippen LogP contribution in [0.15, 0.2) is 34.8 Å². The summed E-state index contributed by atoms with van der Waals surface area (Å²) in [6.45, 7) is 1.96. The number of hydrogen-bond acceptors (Lipinski definition) is 1. The molecule has 3 aromatic rings. The number of hydrogen-bond donors (Lipinski definition) is 1. The standard InChI is InChI=1S/C14H9BrF2N2S/c1-7-2-3-12-11(4-7)18-14(20)19(12)13-5-8(15)9(16)6-10(13)17/h2-6H,1H3,(H,18,20). The lowest BCUT2D eigenvalue weighted by Gasteiger charge is -2.07. The normalized spacial score (nSPS) is 11.2. The van der Waals surface area contributed by atoms with Gasteiger partial charge in [-0.1, -0.05) is 6.07 Å². The molecule has 0 aliphatic heterocycles. The van der Waals surface area contributed by atoms with E-state index in [9.17, 15) is 8.78 Å². The Bertz CT molecular complexity index is 883. The minimum Gasteiger partial charge on any atom is -0.330 e. The van der Waals surface area contributed by atoms with E-state index in [1.165, 1.54) is 6.07 Å². The van der Waals surface area contributed by atoms with E-state index < -0.39 is 11.6 Å². The Morgan fingerprint density at radius 1 is 1.15 bits per heavy atom. The van der Waals surface area contributed by atoms with Gasteiger partial charge in [-0.25, -0.2) is 8.78 Å². The number of nitrogens with one attached hydrogen (secondary N) is 1. The van der Waals surface area contributed by atoms with Gasteiger partial charge in [-0.05, 0) is 58.8 Å². The van der Waals surface area contributed by atoms with Crippen LogP contribution in [0.25, 0.3) is 16.7 Å². The van der Waals surface area contributed by atoms with Crippen LogP contribution in [0.5, 0.6) is 0 Å². The number of aryl methyl sites for hydroxylation is 1. The van der Waals surface area contributed by atoms with Crippen molar-refractivity contribution in [3.05, 3.63) is 56.8 Å². The molecule has 20 heavy (non-hydrogen) atoms. The minimum atomic E-state index is -0.664. The summed E-state index contributed by atoms with van der Waals surface area (Å²) in [5.41, 5.74) is 2.84. The largest absolute Gasteiger partial charge is 0.330 e. The van der Waals surface area contributed by atoms with E-state index in [2.05, 4.69) is 20.9 Å². The van der Waals surface area contributed by atoms with Crippen LogP contribution in [-0.4, -0.2) is 9.55 Å². The summed E-state index contributed by atoms with van der Waals surface area (Å²) in [4.78, 5) is 3.03. The Morgan fingerprint density at radius 2 is 1.90 bits per heavy atom. The minimum absolute atomic E-state index is 0.192. The van der Waals surface area contributed by atoms with Crippen LogP contribution in [0.3, 0.4) is 0 Å². The van der Waals surface area contributed by atoms with Gasteiger partial charge in [0, 0.05) is 6.07 Å². The van der Waals surface area contributed by atoms with Crippen molar-refractivity contribution in [2.75, 3.05) is 0 Å². The SMILES string of the molecule is Cc1ccc2c(c1)[nH]c(=S)n2-c1cc(Br)c(F)cc1F. The summed E-state index contributed by atoms with van der Waals surface area (Å²) < 4.78 is 29.5. The van der Waals surface area contributed by atoms with E-state index in [1.54, 1.807) is 4.57 Å². The van der Waals surface area contributed by atoms with Crippen LogP contribution in [0.2, 0.25) is 0 Å². The number of H-pyrrole nitrogens is 1. The molecule has 0 saturated heterocycles. The Labute approximate surface area is 127 Å². The zero-order valence-corrected chi connectivity index (χ0v) is 12.8. The van der Waals surface area contributed by atoms with Crippen molar-refractivity contribution in [1.82, 2.24) is 9.55 Å². The summed E-state index contributed by atoms with van der Waals surface area (Å²) in [6.07, 6.45) is 0. The highest BCUT2D eigenvalue weighted by molar-refractivity contribution is 9.10. The average molecular weight is 355 g/mol. The second-order valence-electron chi connectivity index (χ2n) is 4.50. The maximum Gasteiger partial charge on any atom is 0.182 e. The summed E-state index contributed by atoms with van der Waals surface area (Å²) >= 11 is 8.31. The van der Waals surface area contributed by atoms with Gasteiger partial charge in [0.25, 0.3) is 0 Å². The third-order valence-electron chi connectivity index (χ3n) is 3.07. The van der Waals surface area contributed by atoms with E-state index in [4.69, 9.17) is 12.2 Å². The highest BCUT2D eigenvalue weighted by Crippen LogP contribution is 2.26. The Balaban J connectivity index is 2.38. The zero-order chi connectivity index (χ0) is 14.4. The molecule has 102 valence electrons. The molecule has 2 nitrogen and oxygen atoms in total. The lowest BCUT2D eigenvalue weighted by atomic mass is 10.2. The lowest BCUT2D eigenvalue weighted by Crippen LogP contribution is -1.99. The zero-order valence-electron chi connectivity index (χ0n) is 10.4. The molecule has 0 aliphatic rings. The molecule has 0 unspecified atom stereocenters. The van der Waals surface area contributed by atoms with Gasteiger partial charge in [-0.2, -0.15) is 0 Å². The molecule has 6 heteroatoms. The number of halogens is 3. The van der Waals surface area contributed by atoms with E-state index in [1.807, 2.05) is 25.1 Å². The predicted octanol–water partition coefficient (Wildman–Crippen LogP) is 5.04. The van der Waals surface area contributed by atoms with Gasteiger partial charge in [0.05, 0.1) is 21.2 Å². The predicted molar refractivity (Wildman–Crippen MR) is 80.8 cm³/mol. The van der Waals surface area contributed by atoms with Gasteiger partial charge in [-0.3, -0.25) is 4.57 Å². The highest BCUT2D eigenvalue weighted by atomic mass is 79.9. The third kappa shape index (κ3) is 2.09. The number of aromatic amines is 1. The number of benzene rings is 2. The smallest absolute Gasteiger partial charge is 0.182 e. The molecule has 1 heterocycles. The number of imidazole rings is 1. The molecule has 0 radical (unpaired) electrons. The van der Waals surface area contributed by atoms with Gasteiger partial charge in [0.15, 0.2) is 4.77 Å². The molecule has 0 fully saturated rings. The molecular weight excluding hydrogens is 346 g/mol. The van der Waals surface area contributed by atoms with E-state index in [-0.39, 0.29) is 10.2 Å². The number of rotatable bonds is 1. The van der Waals surface area contributed by atoms with Gasteiger partial charge >= 0.3 is 0 Å². The summed E-state index contributed by atoms with van der Waals surface area (Å²) in [7, 11) is 0. The lowest BCUT2D eigenvalue weighted by molar-refractivity contribution is 0.574. The first-order valence-corrected chi connectivity index (χ1v) is 7.04. The van der Waals surface area contributed by atoms with Crippen LogP contribution in [0, 0.1) is 23.3 Å². The molecule has 0 bridgehead atoms. The molecule has 2 aromatic carbocycles. The van der Waals surface area contributed by atoms with E-state index in [0.29, 0.717) is 4.77 Å². The monoisotopic (exact) mass is 354 g/mol. The maximum atomic E-state index is 14.0. The molecule has 0 saturated carbocycles. The van der Waals surface area contributed by atoms with Crippen LogP contribution in [0.4, 0.5) is 8.78 Å². The van der Waals surface area contributed by atoms with Crippen LogP contribution >= 0.6 is 28.1 Å². The Morgan fingerprint density at radius 3 is 2.65 bits per heavy atom. The third-order valence-corrected chi connectivity index (χ3v) is 3.96. The number of aromatic nitrogens is 2. The van der Waals surface area contributed by atoms with Crippen molar-refractivity contribution in [2.24, 2.45) is 0 Å². The van der Waals surface area contributed by atoms with Gasteiger partial charge < -0.3 is 4.98 Å². The van der Waals surface area contributed by atoms with Crippen LogP contribution in [0.1, 0.15) is 5.56 Å². The molecule has 0 spiro atoms. The first-order valence-electron chi connectivity index (χ1n) is 5.83. The molecule has 1 N–H and O–H groups in total. The van der Waals surface area contributed by atoms with Crippen LogP contribution < -0.4 is 0 Å². The van der Waals surface area contributed by atoms with Crippen LogP contribution in [-0.2, 0) is 0 Å². The highest BCUT2D eigenvalue weighted by Gasteiger charge is 2.14. The van der Waals surface area contributed by atoms with Gasteiger partial charge in [0.1, 0.15) is 11.6 Å². The molecule has 0 atom stereocenters. The fraction of sp³-hybridized carbons (Fsp3) is 0.0714. The van der Waals surface area contributed by atoms with Crippen molar-refractivity contribution < 1.29 is 8.78 Å². The number of nitrogens with zero attached hydrogens (tertiary/aromatic N) is 1. The van der Waals surface area contributed by atoms with Gasteiger partial charge in [-0.15, -0.1) is 0 Å². The fourth-order valence-electron chi connectivity index (χ4n) is 2.15. The fourth-order valence-corrected chi connectivity index (χ4v) is 2.79. The average Bonchev–Trinajstić information content (AvgIpc) is 2.69. The summed E-state index contributed by atoms with van der Waals surface area (Å²) in [5, 5.41) is 0. The summed E-state index contributed by atoms with van der Waals surface area (Å²) in [5.74, 6) is -1.31. The topological polar surface area (TPSA) is 20.7 Å². The van der Waals surface area contributed by atoms with Crippen molar-refractivity contribution >= 4 is 39.2 Å². The first-order chi connectivity index (χ1) is 9.47. The van der Waals surface area contributed by atoms with E-state index in [0.717, 1.165) is 22.7 Å². The molecule has 0 amide bonds.